The second-order valence-corrected chi connectivity index (χ2v) is 3.63. The van der Waals surface area contributed by atoms with Crippen LogP contribution in [0.4, 0.5) is 4.79 Å². The number of aryl methyl sites for hydroxylation is 1. The Morgan fingerprint density at radius 1 is 1.60 bits per heavy atom. The number of ether oxygens (including phenoxy) is 1. The Hall–Kier alpha value is -1.72. The molecule has 0 saturated heterocycles. The predicted octanol–water partition coefficient (Wildman–Crippen LogP) is 0.356. The van der Waals surface area contributed by atoms with E-state index in [1.165, 1.54) is 12.0 Å². The molecule has 0 fully saturated rings. The van der Waals surface area contributed by atoms with E-state index in [0.717, 1.165) is 5.69 Å². The Bertz CT molecular complexity index is 460. The van der Waals surface area contributed by atoms with Crippen molar-refractivity contribution in [2.45, 2.75) is 19.5 Å². The Morgan fingerprint density at radius 2 is 2.27 bits per heavy atom. The predicted molar refractivity (Wildman–Crippen MR) is 52.4 cm³/mol. The summed E-state index contributed by atoms with van der Waals surface area (Å²) in [6.07, 6.45) is -0.405. The number of aromatic amines is 1. The van der Waals surface area contributed by atoms with E-state index in [1.54, 1.807) is 11.7 Å². The summed E-state index contributed by atoms with van der Waals surface area (Å²) in [5.74, 6) is 0. The third-order valence-corrected chi connectivity index (χ3v) is 2.84. The fourth-order valence-electron chi connectivity index (χ4n) is 2.01. The average Bonchev–Trinajstić information content (AvgIpc) is 2.67. The zero-order valence-electron chi connectivity index (χ0n) is 8.90. The number of aromatic nitrogens is 2. The van der Waals surface area contributed by atoms with Gasteiger partial charge in [-0.2, -0.15) is 0 Å². The van der Waals surface area contributed by atoms with Crippen LogP contribution in [0.3, 0.4) is 0 Å². The van der Waals surface area contributed by atoms with E-state index in [1.807, 2.05) is 6.92 Å². The number of nitrogens with one attached hydrogen (secondary N) is 1. The van der Waals surface area contributed by atoms with Crippen molar-refractivity contribution in [1.82, 2.24) is 14.7 Å². The highest BCUT2D eigenvalue weighted by molar-refractivity contribution is 5.69. The van der Waals surface area contributed by atoms with Crippen molar-refractivity contribution in [3.05, 3.63) is 21.6 Å². The topological polar surface area (TPSA) is 67.3 Å². The lowest BCUT2D eigenvalue weighted by molar-refractivity contribution is 0.111. The first-order valence-electron chi connectivity index (χ1n) is 4.68. The molecule has 0 aromatic carbocycles. The van der Waals surface area contributed by atoms with E-state index in [0.29, 0.717) is 12.1 Å². The molecule has 0 radical (unpaired) electrons. The molecule has 6 heteroatoms. The molecular weight excluding hydrogens is 198 g/mol. The van der Waals surface area contributed by atoms with Crippen molar-refractivity contribution in [3.63, 3.8) is 0 Å². The van der Waals surface area contributed by atoms with Gasteiger partial charge in [0.25, 0.3) is 5.56 Å². The quantitative estimate of drug-likeness (QED) is 0.673. The minimum absolute atomic E-state index is 0.133. The summed E-state index contributed by atoms with van der Waals surface area (Å²) in [6, 6.07) is -0.225. The number of nitrogens with zero attached hydrogens (tertiary/aromatic N) is 2. The summed E-state index contributed by atoms with van der Waals surface area (Å²) in [4.78, 5) is 24.5. The molecule has 6 nitrogen and oxygen atoms in total. The molecule has 1 atom stereocenters. The normalized spacial score (nSPS) is 19.1. The second-order valence-electron chi connectivity index (χ2n) is 3.63. The maximum atomic E-state index is 11.5. The molecule has 1 N–H and O–H groups in total. The number of fused-ring (bicyclic) bond motifs is 1. The minimum Gasteiger partial charge on any atom is -0.453 e. The smallest absolute Gasteiger partial charge is 0.410 e. The van der Waals surface area contributed by atoms with E-state index >= 15 is 0 Å². The van der Waals surface area contributed by atoms with Crippen molar-refractivity contribution in [2.75, 3.05) is 7.11 Å². The largest absolute Gasteiger partial charge is 0.453 e. The number of amides is 1. The molecule has 1 aliphatic rings. The Balaban J connectivity index is 2.42. The summed E-state index contributed by atoms with van der Waals surface area (Å²) in [5, 5.41) is 2.67. The van der Waals surface area contributed by atoms with Crippen LogP contribution in [-0.2, 0) is 18.3 Å². The summed E-state index contributed by atoms with van der Waals surface area (Å²) in [5.41, 5.74) is 1.37. The van der Waals surface area contributed by atoms with E-state index in [9.17, 15) is 9.59 Å². The SMILES string of the molecule is COC(=O)N1Cc2c(c(=O)[nH]n2C)C1C. The third kappa shape index (κ3) is 1.25. The van der Waals surface area contributed by atoms with Gasteiger partial charge in [0, 0.05) is 7.05 Å². The van der Waals surface area contributed by atoms with Gasteiger partial charge in [-0.25, -0.2) is 4.79 Å². The summed E-state index contributed by atoms with van der Waals surface area (Å²) < 4.78 is 6.30. The van der Waals surface area contributed by atoms with Gasteiger partial charge >= 0.3 is 6.09 Å². The maximum Gasteiger partial charge on any atom is 0.410 e. The summed E-state index contributed by atoms with van der Waals surface area (Å²) in [7, 11) is 3.09. The monoisotopic (exact) mass is 211 g/mol. The molecule has 2 heterocycles. The standard InChI is InChI=1S/C9H13N3O3/c1-5-7-6(11(2)10-8(7)13)4-12(5)9(14)15-3/h5H,4H2,1-3H3,(H,10,13). The fourth-order valence-corrected chi connectivity index (χ4v) is 2.01. The summed E-state index contributed by atoms with van der Waals surface area (Å²) >= 11 is 0. The van der Waals surface area contributed by atoms with Crippen LogP contribution in [-0.4, -0.2) is 27.9 Å². The van der Waals surface area contributed by atoms with Gasteiger partial charge in [-0.05, 0) is 6.92 Å². The van der Waals surface area contributed by atoms with Crippen LogP contribution in [0, 0.1) is 0 Å². The average molecular weight is 211 g/mol. The lowest BCUT2D eigenvalue weighted by Crippen LogP contribution is -2.30. The van der Waals surface area contributed by atoms with Gasteiger partial charge in [-0.15, -0.1) is 0 Å². The Morgan fingerprint density at radius 3 is 2.80 bits per heavy atom. The number of H-pyrrole nitrogens is 1. The highest BCUT2D eigenvalue weighted by Crippen LogP contribution is 2.30. The van der Waals surface area contributed by atoms with Crippen LogP contribution in [0.2, 0.25) is 0 Å². The van der Waals surface area contributed by atoms with Crippen LogP contribution in [0.15, 0.2) is 4.79 Å². The number of hydrogen-bond donors (Lipinski definition) is 1. The molecule has 1 aliphatic heterocycles. The summed E-state index contributed by atoms with van der Waals surface area (Å²) in [6.45, 7) is 2.23. The third-order valence-electron chi connectivity index (χ3n) is 2.84. The molecule has 0 spiro atoms. The van der Waals surface area contributed by atoms with Gasteiger partial charge in [0.05, 0.1) is 31.0 Å². The molecule has 2 rings (SSSR count). The van der Waals surface area contributed by atoms with E-state index in [2.05, 4.69) is 9.84 Å². The van der Waals surface area contributed by atoms with E-state index < -0.39 is 6.09 Å². The Labute approximate surface area is 86.4 Å². The van der Waals surface area contributed by atoms with Gasteiger partial charge < -0.3 is 4.74 Å². The maximum absolute atomic E-state index is 11.5. The van der Waals surface area contributed by atoms with Crippen LogP contribution < -0.4 is 5.56 Å². The molecule has 1 aromatic rings. The van der Waals surface area contributed by atoms with Gasteiger partial charge in [0.2, 0.25) is 0 Å². The molecule has 15 heavy (non-hydrogen) atoms. The van der Waals surface area contributed by atoms with Crippen LogP contribution in [0.1, 0.15) is 24.2 Å². The first-order valence-corrected chi connectivity index (χ1v) is 4.68. The fraction of sp³-hybridized carbons (Fsp3) is 0.556. The van der Waals surface area contributed by atoms with Crippen molar-refractivity contribution >= 4 is 6.09 Å². The number of carbonyl (C=O) groups is 1. The minimum atomic E-state index is -0.405. The van der Waals surface area contributed by atoms with Crippen molar-refractivity contribution in [2.24, 2.45) is 7.05 Å². The van der Waals surface area contributed by atoms with Gasteiger partial charge in [0.15, 0.2) is 0 Å². The molecule has 1 amide bonds. The first-order chi connectivity index (χ1) is 7.06. The van der Waals surface area contributed by atoms with Gasteiger partial charge in [-0.1, -0.05) is 0 Å². The molecule has 82 valence electrons. The van der Waals surface area contributed by atoms with Crippen LogP contribution in [0.25, 0.3) is 0 Å². The number of carbonyl (C=O) groups excluding carboxylic acids is 1. The molecule has 1 unspecified atom stereocenters. The van der Waals surface area contributed by atoms with Gasteiger partial charge in [-0.3, -0.25) is 19.5 Å². The lowest BCUT2D eigenvalue weighted by Gasteiger charge is -2.19. The van der Waals surface area contributed by atoms with Crippen LogP contribution in [0.5, 0.6) is 0 Å². The molecule has 0 aliphatic carbocycles. The van der Waals surface area contributed by atoms with E-state index in [4.69, 9.17) is 0 Å². The van der Waals surface area contributed by atoms with Crippen LogP contribution >= 0.6 is 0 Å². The Kier molecular flexibility index (Phi) is 2.06. The highest BCUT2D eigenvalue weighted by atomic mass is 16.5. The van der Waals surface area contributed by atoms with Gasteiger partial charge in [0.1, 0.15) is 0 Å². The lowest BCUT2D eigenvalue weighted by atomic mass is 10.2. The van der Waals surface area contributed by atoms with Crippen molar-refractivity contribution < 1.29 is 9.53 Å². The molecular formula is C9H13N3O3. The molecule has 1 aromatic heterocycles. The molecule has 0 bridgehead atoms. The first kappa shape index (κ1) is 9.82. The van der Waals surface area contributed by atoms with Crippen molar-refractivity contribution in [1.29, 1.82) is 0 Å². The zero-order valence-corrected chi connectivity index (χ0v) is 8.90. The number of rotatable bonds is 0. The number of methoxy groups -OCH3 is 1. The van der Waals surface area contributed by atoms with E-state index in [-0.39, 0.29) is 11.6 Å². The van der Waals surface area contributed by atoms with Crippen molar-refractivity contribution in [3.8, 4) is 0 Å². The zero-order chi connectivity index (χ0) is 11.2. The highest BCUT2D eigenvalue weighted by Gasteiger charge is 2.35. The molecule has 0 saturated carbocycles. The number of hydrogen-bond acceptors (Lipinski definition) is 3. The second kappa shape index (κ2) is 3.15.